The van der Waals surface area contributed by atoms with E-state index in [-0.39, 0.29) is 39.9 Å². The normalized spacial score (nSPS) is 12.9. The summed E-state index contributed by atoms with van der Waals surface area (Å²) in [5, 5.41) is 1.33. The average Bonchev–Trinajstić information content (AvgIpc) is 2.51. The Labute approximate surface area is 174 Å². The Morgan fingerprint density at radius 2 is 1.48 bits per heavy atom. The van der Waals surface area contributed by atoms with E-state index >= 15 is 0 Å². The minimum Gasteiger partial charge on any atom is -0.744 e. The Balaban J connectivity index is 0.00000312. The standard InChI is InChI=1S/C20H28O3S.Na/c1-7-19(3,4)16-13-14-11-9-10-12-15(14)18(24(21,22)23)17(16)20(5,6)8-2;/h9-13H,7-8H2,1-6H3,(H,21,22,23);/q;+1/p-1. The maximum Gasteiger partial charge on any atom is 1.00 e. The molecular formula is C20H27NaO3S. The molecule has 0 unspecified atom stereocenters. The fraction of sp³-hybridized carbons (Fsp3) is 0.500. The van der Waals surface area contributed by atoms with Crippen LogP contribution >= 0.6 is 0 Å². The third-order valence-corrected chi connectivity index (χ3v) is 6.35. The van der Waals surface area contributed by atoms with Gasteiger partial charge in [0.15, 0.2) is 0 Å². The molecule has 0 aliphatic carbocycles. The largest absolute Gasteiger partial charge is 1.00 e. The zero-order chi connectivity index (χ0) is 18.3. The van der Waals surface area contributed by atoms with Gasteiger partial charge in [0.2, 0.25) is 0 Å². The van der Waals surface area contributed by atoms with E-state index in [1.165, 1.54) is 0 Å². The van der Waals surface area contributed by atoms with Crippen molar-refractivity contribution in [2.45, 2.75) is 70.1 Å². The van der Waals surface area contributed by atoms with Crippen LogP contribution in [0.2, 0.25) is 0 Å². The molecule has 25 heavy (non-hydrogen) atoms. The molecule has 2 rings (SSSR count). The Bertz CT molecular complexity index is 868. The van der Waals surface area contributed by atoms with Crippen molar-refractivity contribution >= 4 is 20.9 Å². The molecule has 0 aliphatic rings. The van der Waals surface area contributed by atoms with E-state index in [1.807, 2.05) is 32.9 Å². The quantitative estimate of drug-likeness (QED) is 0.598. The summed E-state index contributed by atoms with van der Waals surface area (Å²) >= 11 is 0. The van der Waals surface area contributed by atoms with Gasteiger partial charge in [0.25, 0.3) is 0 Å². The molecule has 0 aliphatic heterocycles. The molecule has 2 aromatic rings. The molecule has 0 spiro atoms. The molecule has 3 nitrogen and oxygen atoms in total. The maximum absolute atomic E-state index is 12.2. The van der Waals surface area contributed by atoms with E-state index in [4.69, 9.17) is 0 Å². The van der Waals surface area contributed by atoms with Gasteiger partial charge in [-0.3, -0.25) is 0 Å². The third kappa shape index (κ3) is 4.30. The molecule has 0 atom stereocenters. The second-order valence-corrected chi connectivity index (χ2v) is 9.09. The smallest absolute Gasteiger partial charge is 0.744 e. The van der Waals surface area contributed by atoms with Crippen molar-refractivity contribution in [3.05, 3.63) is 41.5 Å². The van der Waals surface area contributed by atoms with Crippen molar-refractivity contribution in [1.29, 1.82) is 0 Å². The van der Waals surface area contributed by atoms with E-state index in [2.05, 4.69) is 26.8 Å². The van der Waals surface area contributed by atoms with E-state index in [9.17, 15) is 13.0 Å². The van der Waals surface area contributed by atoms with Gasteiger partial charge in [0.1, 0.15) is 10.1 Å². The van der Waals surface area contributed by atoms with Crippen LogP contribution in [0.1, 0.15) is 65.5 Å². The van der Waals surface area contributed by atoms with Gasteiger partial charge in [0.05, 0.1) is 4.90 Å². The van der Waals surface area contributed by atoms with Gasteiger partial charge in [-0.15, -0.1) is 0 Å². The summed E-state index contributed by atoms with van der Waals surface area (Å²) in [6.07, 6.45) is 1.61. The van der Waals surface area contributed by atoms with Crippen LogP contribution in [-0.4, -0.2) is 13.0 Å². The maximum atomic E-state index is 12.2. The van der Waals surface area contributed by atoms with Crippen LogP contribution in [0.15, 0.2) is 35.2 Å². The molecule has 5 heteroatoms. The first-order chi connectivity index (χ1) is 11.0. The van der Waals surface area contributed by atoms with Gasteiger partial charge in [-0.2, -0.15) is 0 Å². The summed E-state index contributed by atoms with van der Waals surface area (Å²) in [4.78, 5) is -0.0380. The zero-order valence-electron chi connectivity index (χ0n) is 16.4. The van der Waals surface area contributed by atoms with Crippen LogP contribution in [0.3, 0.4) is 0 Å². The summed E-state index contributed by atoms with van der Waals surface area (Å²) in [6, 6.07) is 9.33. The average molecular weight is 370 g/mol. The molecule has 0 amide bonds. The van der Waals surface area contributed by atoms with Crippen molar-refractivity contribution in [3.63, 3.8) is 0 Å². The Morgan fingerprint density at radius 3 is 1.96 bits per heavy atom. The van der Waals surface area contributed by atoms with Crippen molar-refractivity contribution in [1.82, 2.24) is 0 Å². The van der Waals surface area contributed by atoms with Gasteiger partial charge >= 0.3 is 29.6 Å². The first-order valence-electron chi connectivity index (χ1n) is 8.48. The fourth-order valence-corrected chi connectivity index (χ4v) is 4.24. The minimum absolute atomic E-state index is 0. The first kappa shape index (κ1) is 22.7. The Hall–Kier alpha value is -0.390. The van der Waals surface area contributed by atoms with Crippen LogP contribution < -0.4 is 29.6 Å². The minimum atomic E-state index is -4.59. The predicted molar refractivity (Wildman–Crippen MR) is 98.5 cm³/mol. The van der Waals surface area contributed by atoms with Crippen molar-refractivity contribution < 1.29 is 42.5 Å². The number of rotatable bonds is 5. The van der Waals surface area contributed by atoms with E-state index in [0.29, 0.717) is 10.9 Å². The third-order valence-electron chi connectivity index (χ3n) is 5.43. The van der Waals surface area contributed by atoms with Crippen molar-refractivity contribution in [2.24, 2.45) is 0 Å². The van der Waals surface area contributed by atoms with Gasteiger partial charge in [-0.05, 0) is 45.6 Å². The molecule has 0 heterocycles. The number of fused-ring (bicyclic) bond motifs is 1. The number of hydrogen-bond donors (Lipinski definition) is 0. The van der Waals surface area contributed by atoms with Gasteiger partial charge in [-0.25, -0.2) is 8.42 Å². The molecule has 132 valence electrons. The SMILES string of the molecule is CCC(C)(C)c1cc2ccccc2c(S(=O)(=O)[O-])c1C(C)(C)CC.[Na+]. The van der Waals surface area contributed by atoms with Crippen LogP contribution in [0, 0.1) is 0 Å². The van der Waals surface area contributed by atoms with Crippen molar-refractivity contribution in [2.75, 3.05) is 0 Å². The Morgan fingerprint density at radius 1 is 0.960 bits per heavy atom. The predicted octanol–water partition coefficient (Wildman–Crippen LogP) is 2.12. The second-order valence-electron chi connectivity index (χ2n) is 7.78. The monoisotopic (exact) mass is 370 g/mol. The summed E-state index contributed by atoms with van der Waals surface area (Å²) in [5.41, 5.74) is 1.03. The molecule has 0 N–H and O–H groups in total. The van der Waals surface area contributed by atoms with Crippen LogP contribution in [0.4, 0.5) is 0 Å². The van der Waals surface area contributed by atoms with Crippen LogP contribution in [0.5, 0.6) is 0 Å². The fourth-order valence-electron chi connectivity index (χ4n) is 3.15. The second kappa shape index (κ2) is 7.69. The van der Waals surface area contributed by atoms with E-state index < -0.39 is 15.5 Å². The molecule has 2 aromatic carbocycles. The molecule has 0 saturated heterocycles. The summed E-state index contributed by atoms with van der Waals surface area (Å²) < 4.78 is 36.7. The Kier molecular flexibility index (Phi) is 6.97. The molecule has 0 radical (unpaired) electrons. The number of benzene rings is 2. The van der Waals surface area contributed by atoms with Crippen LogP contribution in [0.25, 0.3) is 10.8 Å². The number of hydrogen-bond acceptors (Lipinski definition) is 3. The van der Waals surface area contributed by atoms with Gasteiger partial charge < -0.3 is 4.55 Å². The van der Waals surface area contributed by atoms with E-state index in [0.717, 1.165) is 23.8 Å². The zero-order valence-corrected chi connectivity index (χ0v) is 19.3. The molecule has 0 saturated carbocycles. The van der Waals surface area contributed by atoms with Gasteiger partial charge in [0, 0.05) is 0 Å². The summed E-state index contributed by atoms with van der Waals surface area (Å²) in [5.74, 6) is 0. The molecule has 0 bridgehead atoms. The first-order valence-corrected chi connectivity index (χ1v) is 9.89. The topological polar surface area (TPSA) is 57.2 Å². The molecular weight excluding hydrogens is 343 g/mol. The van der Waals surface area contributed by atoms with Crippen LogP contribution in [-0.2, 0) is 20.9 Å². The van der Waals surface area contributed by atoms with Gasteiger partial charge in [-0.1, -0.05) is 71.9 Å². The van der Waals surface area contributed by atoms with E-state index in [1.54, 1.807) is 12.1 Å². The summed E-state index contributed by atoms with van der Waals surface area (Å²) in [7, 11) is -4.59. The molecule has 0 fully saturated rings. The molecule has 0 aromatic heterocycles. The van der Waals surface area contributed by atoms with Crippen molar-refractivity contribution in [3.8, 4) is 0 Å². The summed E-state index contributed by atoms with van der Waals surface area (Å²) in [6.45, 7) is 12.4.